The molecule has 0 saturated heterocycles. The molecule has 0 fully saturated rings. The standard InChI is InChI=1S/C11H20N4O/c1-3-6-16-7-4-5-13-11-9(2)10(12)14-8-15-11/h8H,3-7H2,1-2H3,(H3,12,13,14,15). The van der Waals surface area contributed by atoms with Crippen molar-refractivity contribution in [3.63, 3.8) is 0 Å². The molecule has 1 aromatic heterocycles. The number of aromatic nitrogens is 2. The summed E-state index contributed by atoms with van der Waals surface area (Å²) in [6.45, 7) is 6.46. The van der Waals surface area contributed by atoms with Gasteiger partial charge in [0, 0.05) is 25.3 Å². The van der Waals surface area contributed by atoms with Crippen LogP contribution in [0.4, 0.5) is 11.6 Å². The lowest BCUT2D eigenvalue weighted by atomic mass is 10.3. The van der Waals surface area contributed by atoms with Gasteiger partial charge in [-0.2, -0.15) is 0 Å². The molecule has 0 unspecified atom stereocenters. The highest BCUT2D eigenvalue weighted by Gasteiger charge is 2.02. The smallest absolute Gasteiger partial charge is 0.134 e. The number of nitrogen functional groups attached to an aromatic ring is 1. The monoisotopic (exact) mass is 224 g/mol. The summed E-state index contributed by atoms with van der Waals surface area (Å²) in [6, 6.07) is 0. The van der Waals surface area contributed by atoms with Gasteiger partial charge in [-0.05, 0) is 19.8 Å². The number of hydrogen-bond donors (Lipinski definition) is 2. The summed E-state index contributed by atoms with van der Waals surface area (Å²) in [5, 5.41) is 3.22. The summed E-state index contributed by atoms with van der Waals surface area (Å²) in [6.07, 6.45) is 3.50. The normalized spacial score (nSPS) is 10.4. The van der Waals surface area contributed by atoms with Crippen molar-refractivity contribution in [3.8, 4) is 0 Å². The second-order valence-electron chi connectivity index (χ2n) is 3.63. The third-order valence-corrected chi connectivity index (χ3v) is 2.23. The van der Waals surface area contributed by atoms with Crippen molar-refractivity contribution in [2.45, 2.75) is 26.7 Å². The minimum atomic E-state index is 0.528. The minimum Gasteiger partial charge on any atom is -0.383 e. The summed E-state index contributed by atoms with van der Waals surface area (Å²) in [5.41, 5.74) is 6.57. The van der Waals surface area contributed by atoms with Crippen LogP contribution in [-0.2, 0) is 4.74 Å². The molecule has 0 aromatic carbocycles. The molecule has 0 saturated carbocycles. The zero-order valence-corrected chi connectivity index (χ0v) is 9.99. The zero-order chi connectivity index (χ0) is 11.8. The van der Waals surface area contributed by atoms with Crippen LogP contribution in [0.5, 0.6) is 0 Å². The van der Waals surface area contributed by atoms with Crippen molar-refractivity contribution >= 4 is 11.6 Å². The van der Waals surface area contributed by atoms with E-state index in [1.54, 1.807) is 0 Å². The van der Waals surface area contributed by atoms with Crippen molar-refractivity contribution in [3.05, 3.63) is 11.9 Å². The van der Waals surface area contributed by atoms with E-state index in [2.05, 4.69) is 22.2 Å². The Morgan fingerprint density at radius 2 is 2.19 bits per heavy atom. The molecule has 0 amide bonds. The number of ether oxygens (including phenoxy) is 1. The van der Waals surface area contributed by atoms with Gasteiger partial charge in [0.15, 0.2) is 0 Å². The molecule has 1 rings (SSSR count). The average molecular weight is 224 g/mol. The van der Waals surface area contributed by atoms with Crippen LogP contribution in [0.15, 0.2) is 6.33 Å². The molecule has 90 valence electrons. The van der Waals surface area contributed by atoms with E-state index < -0.39 is 0 Å². The third-order valence-electron chi connectivity index (χ3n) is 2.23. The van der Waals surface area contributed by atoms with Gasteiger partial charge >= 0.3 is 0 Å². The molecule has 0 spiro atoms. The predicted molar refractivity (Wildman–Crippen MR) is 65.4 cm³/mol. The third kappa shape index (κ3) is 4.02. The van der Waals surface area contributed by atoms with Gasteiger partial charge < -0.3 is 15.8 Å². The molecule has 5 heteroatoms. The SMILES string of the molecule is CCCOCCCNc1ncnc(N)c1C. The molecule has 0 aliphatic carbocycles. The first-order chi connectivity index (χ1) is 7.75. The molecular formula is C11H20N4O. The Balaban J connectivity index is 2.24. The maximum Gasteiger partial charge on any atom is 0.134 e. The van der Waals surface area contributed by atoms with Crippen molar-refractivity contribution in [1.29, 1.82) is 0 Å². The van der Waals surface area contributed by atoms with Crippen LogP contribution in [0.1, 0.15) is 25.3 Å². The van der Waals surface area contributed by atoms with Crippen LogP contribution in [0.25, 0.3) is 0 Å². The lowest BCUT2D eigenvalue weighted by Gasteiger charge is -2.09. The van der Waals surface area contributed by atoms with Gasteiger partial charge in [0.2, 0.25) is 0 Å². The summed E-state index contributed by atoms with van der Waals surface area (Å²) in [4.78, 5) is 8.04. The van der Waals surface area contributed by atoms with Crippen LogP contribution < -0.4 is 11.1 Å². The van der Waals surface area contributed by atoms with E-state index in [1.165, 1.54) is 6.33 Å². The zero-order valence-electron chi connectivity index (χ0n) is 9.99. The molecule has 1 aromatic rings. The van der Waals surface area contributed by atoms with Gasteiger partial charge in [-0.25, -0.2) is 9.97 Å². The lowest BCUT2D eigenvalue weighted by molar-refractivity contribution is 0.134. The van der Waals surface area contributed by atoms with Crippen LogP contribution >= 0.6 is 0 Å². The molecule has 5 nitrogen and oxygen atoms in total. The first kappa shape index (κ1) is 12.7. The lowest BCUT2D eigenvalue weighted by Crippen LogP contribution is -2.09. The number of nitrogens with two attached hydrogens (primary N) is 1. The van der Waals surface area contributed by atoms with E-state index in [-0.39, 0.29) is 0 Å². The Morgan fingerprint density at radius 3 is 2.94 bits per heavy atom. The van der Waals surface area contributed by atoms with Gasteiger partial charge in [0.25, 0.3) is 0 Å². The van der Waals surface area contributed by atoms with Crippen LogP contribution in [0, 0.1) is 6.92 Å². The van der Waals surface area contributed by atoms with Crippen molar-refractivity contribution in [2.75, 3.05) is 30.8 Å². The molecule has 0 aliphatic heterocycles. The highest BCUT2D eigenvalue weighted by molar-refractivity contribution is 5.53. The fourth-order valence-corrected chi connectivity index (χ4v) is 1.27. The van der Waals surface area contributed by atoms with Gasteiger partial charge in [-0.15, -0.1) is 0 Å². The van der Waals surface area contributed by atoms with E-state index in [0.717, 1.165) is 44.0 Å². The Hall–Kier alpha value is -1.36. The Bertz CT molecular complexity index is 317. The van der Waals surface area contributed by atoms with Crippen molar-refractivity contribution in [2.24, 2.45) is 0 Å². The molecule has 0 atom stereocenters. The Kier molecular flexibility index (Phi) is 5.56. The van der Waals surface area contributed by atoms with Gasteiger partial charge in [-0.3, -0.25) is 0 Å². The fraction of sp³-hybridized carbons (Fsp3) is 0.636. The van der Waals surface area contributed by atoms with Gasteiger partial charge in [0.1, 0.15) is 18.0 Å². The van der Waals surface area contributed by atoms with Crippen LogP contribution in [-0.4, -0.2) is 29.7 Å². The first-order valence-electron chi connectivity index (χ1n) is 5.64. The number of nitrogens with one attached hydrogen (secondary N) is 1. The quantitative estimate of drug-likeness (QED) is 0.688. The molecule has 3 N–H and O–H groups in total. The molecule has 0 aliphatic rings. The van der Waals surface area contributed by atoms with E-state index in [9.17, 15) is 0 Å². The maximum atomic E-state index is 5.67. The molecule has 0 bridgehead atoms. The predicted octanol–water partition coefficient (Wildman–Crippen LogP) is 1.60. The second-order valence-corrected chi connectivity index (χ2v) is 3.63. The van der Waals surface area contributed by atoms with Crippen molar-refractivity contribution < 1.29 is 4.74 Å². The van der Waals surface area contributed by atoms with E-state index in [1.807, 2.05) is 6.92 Å². The summed E-state index contributed by atoms with van der Waals surface area (Å²) in [7, 11) is 0. The number of rotatable bonds is 7. The number of nitrogens with zero attached hydrogens (tertiary/aromatic N) is 2. The fourth-order valence-electron chi connectivity index (χ4n) is 1.27. The summed E-state index contributed by atoms with van der Waals surface area (Å²) < 4.78 is 5.38. The highest BCUT2D eigenvalue weighted by atomic mass is 16.5. The second kappa shape index (κ2) is 7.00. The Labute approximate surface area is 96.4 Å². The number of hydrogen-bond acceptors (Lipinski definition) is 5. The average Bonchev–Trinajstić information content (AvgIpc) is 2.29. The maximum absolute atomic E-state index is 5.67. The minimum absolute atomic E-state index is 0.528. The summed E-state index contributed by atoms with van der Waals surface area (Å²) in [5.74, 6) is 1.34. The largest absolute Gasteiger partial charge is 0.383 e. The first-order valence-corrected chi connectivity index (χ1v) is 5.64. The Morgan fingerprint density at radius 1 is 1.38 bits per heavy atom. The molecular weight excluding hydrogens is 204 g/mol. The van der Waals surface area contributed by atoms with E-state index >= 15 is 0 Å². The molecule has 0 radical (unpaired) electrons. The van der Waals surface area contributed by atoms with E-state index in [0.29, 0.717) is 5.82 Å². The van der Waals surface area contributed by atoms with Crippen molar-refractivity contribution in [1.82, 2.24) is 9.97 Å². The van der Waals surface area contributed by atoms with Gasteiger partial charge in [-0.1, -0.05) is 6.92 Å². The number of anilines is 2. The topological polar surface area (TPSA) is 73.1 Å². The molecule has 1 heterocycles. The highest BCUT2D eigenvalue weighted by Crippen LogP contribution is 2.14. The summed E-state index contributed by atoms with van der Waals surface area (Å²) >= 11 is 0. The van der Waals surface area contributed by atoms with Crippen LogP contribution in [0.3, 0.4) is 0 Å². The van der Waals surface area contributed by atoms with Crippen LogP contribution in [0.2, 0.25) is 0 Å². The van der Waals surface area contributed by atoms with E-state index in [4.69, 9.17) is 10.5 Å². The van der Waals surface area contributed by atoms with Gasteiger partial charge in [0.05, 0.1) is 0 Å². The molecule has 16 heavy (non-hydrogen) atoms.